The number of carbonyl (C=O) groups is 3. The molecule has 1 heterocycles. The lowest BCUT2D eigenvalue weighted by Gasteiger charge is -2.22. The maximum atomic E-state index is 12.7. The Labute approximate surface area is 155 Å². The van der Waals surface area contributed by atoms with E-state index in [0.717, 1.165) is 10.5 Å². The minimum absolute atomic E-state index is 0.303. The van der Waals surface area contributed by atoms with Crippen LogP contribution in [-0.4, -0.2) is 35.8 Å². The Hall–Kier alpha value is -2.86. The Morgan fingerprint density at radius 3 is 2.27 bits per heavy atom. The molecule has 3 amide bonds. The number of amides is 3. The third-order valence-electron chi connectivity index (χ3n) is 4.33. The number of halogens is 1. The van der Waals surface area contributed by atoms with Crippen LogP contribution in [0.1, 0.15) is 33.2 Å². The highest BCUT2D eigenvalue weighted by Crippen LogP contribution is 2.31. The van der Waals surface area contributed by atoms with E-state index in [1.54, 1.807) is 43.3 Å². The van der Waals surface area contributed by atoms with Crippen LogP contribution >= 0.6 is 11.6 Å². The molecule has 0 spiro atoms. The van der Waals surface area contributed by atoms with Crippen LogP contribution in [0.5, 0.6) is 5.75 Å². The molecule has 0 fully saturated rings. The van der Waals surface area contributed by atoms with E-state index in [4.69, 9.17) is 16.3 Å². The number of nitrogens with zero attached hydrogens (tertiary/aromatic N) is 1. The number of benzene rings is 2. The van der Waals surface area contributed by atoms with E-state index < -0.39 is 23.8 Å². The molecule has 134 valence electrons. The molecule has 0 aliphatic carbocycles. The maximum absolute atomic E-state index is 12.7. The van der Waals surface area contributed by atoms with Crippen LogP contribution in [0.25, 0.3) is 0 Å². The van der Waals surface area contributed by atoms with E-state index in [2.05, 4.69) is 5.32 Å². The highest BCUT2D eigenvalue weighted by atomic mass is 35.5. The molecule has 0 radical (unpaired) electrons. The second kappa shape index (κ2) is 6.80. The number of anilines is 1. The molecular weight excluding hydrogens is 356 g/mol. The van der Waals surface area contributed by atoms with Crippen LogP contribution in [0, 0.1) is 6.92 Å². The number of hydrogen-bond donors (Lipinski definition) is 1. The summed E-state index contributed by atoms with van der Waals surface area (Å²) in [6.07, 6.45) is 0. The molecule has 1 atom stereocenters. The van der Waals surface area contributed by atoms with Gasteiger partial charge < -0.3 is 10.1 Å². The van der Waals surface area contributed by atoms with Crippen molar-refractivity contribution < 1.29 is 19.1 Å². The number of nitrogens with one attached hydrogen (secondary N) is 1. The smallest absolute Gasteiger partial charge is 0.262 e. The zero-order chi connectivity index (χ0) is 19.0. The van der Waals surface area contributed by atoms with E-state index in [9.17, 15) is 14.4 Å². The van der Waals surface area contributed by atoms with E-state index in [0.29, 0.717) is 27.6 Å². The summed E-state index contributed by atoms with van der Waals surface area (Å²) in [4.78, 5) is 38.6. The molecule has 2 aromatic carbocycles. The molecule has 0 bridgehead atoms. The summed E-state index contributed by atoms with van der Waals surface area (Å²) in [7, 11) is 1.46. The number of ether oxygens (including phenoxy) is 1. The van der Waals surface area contributed by atoms with E-state index in [1.807, 2.05) is 0 Å². The fourth-order valence-electron chi connectivity index (χ4n) is 2.84. The number of hydrogen-bond acceptors (Lipinski definition) is 4. The third kappa shape index (κ3) is 2.93. The average Bonchev–Trinajstić information content (AvgIpc) is 2.88. The Balaban J connectivity index is 1.85. The minimum atomic E-state index is -0.983. The molecule has 26 heavy (non-hydrogen) atoms. The number of aryl methyl sites for hydroxylation is 1. The summed E-state index contributed by atoms with van der Waals surface area (Å²) in [6, 6.07) is 8.80. The van der Waals surface area contributed by atoms with Crippen molar-refractivity contribution >= 4 is 35.0 Å². The van der Waals surface area contributed by atoms with Crippen LogP contribution in [0.4, 0.5) is 5.69 Å². The van der Waals surface area contributed by atoms with Crippen LogP contribution in [0.15, 0.2) is 36.4 Å². The lowest BCUT2D eigenvalue weighted by atomic mass is 10.1. The zero-order valence-corrected chi connectivity index (χ0v) is 15.3. The molecule has 1 aliphatic heterocycles. The van der Waals surface area contributed by atoms with Crippen LogP contribution < -0.4 is 10.1 Å². The molecule has 7 heteroatoms. The second-order valence-corrected chi connectivity index (χ2v) is 6.40. The zero-order valence-electron chi connectivity index (χ0n) is 14.5. The predicted molar refractivity (Wildman–Crippen MR) is 97.8 cm³/mol. The molecule has 3 rings (SSSR count). The standard InChI is InChI=1S/C19H17ClN2O4/c1-10-8-15(16(26-3)9-14(10)20)21-17(23)11(2)22-18(24)12-6-4-5-7-13(12)19(22)25/h4-9,11H,1-3H3,(H,21,23)/t11-/m0/s1. The molecule has 0 saturated carbocycles. The number of fused-ring (bicyclic) bond motifs is 1. The summed E-state index contributed by atoms with van der Waals surface area (Å²) in [6.45, 7) is 3.30. The van der Waals surface area contributed by atoms with Gasteiger partial charge in [-0.1, -0.05) is 23.7 Å². The summed E-state index contributed by atoms with van der Waals surface area (Å²) in [5.41, 5.74) is 1.79. The highest BCUT2D eigenvalue weighted by Gasteiger charge is 2.40. The molecular formula is C19H17ClN2O4. The van der Waals surface area contributed by atoms with Gasteiger partial charge in [-0.2, -0.15) is 0 Å². The topological polar surface area (TPSA) is 75.7 Å². The van der Waals surface area contributed by atoms with Gasteiger partial charge in [0.25, 0.3) is 11.8 Å². The van der Waals surface area contributed by atoms with Crippen molar-refractivity contribution in [1.82, 2.24) is 4.90 Å². The molecule has 0 unspecified atom stereocenters. The van der Waals surface area contributed by atoms with Gasteiger partial charge in [0.15, 0.2) is 0 Å². The van der Waals surface area contributed by atoms with Crippen molar-refractivity contribution in [2.45, 2.75) is 19.9 Å². The van der Waals surface area contributed by atoms with Gasteiger partial charge in [-0.25, -0.2) is 0 Å². The molecule has 2 aromatic rings. The molecule has 0 aromatic heterocycles. The number of carbonyl (C=O) groups excluding carboxylic acids is 3. The molecule has 1 N–H and O–H groups in total. The first-order chi connectivity index (χ1) is 12.3. The molecule has 1 aliphatic rings. The van der Waals surface area contributed by atoms with Crippen molar-refractivity contribution in [3.8, 4) is 5.75 Å². The van der Waals surface area contributed by atoms with Gasteiger partial charge in [0.2, 0.25) is 5.91 Å². The summed E-state index contributed by atoms with van der Waals surface area (Å²) < 4.78 is 5.23. The molecule has 0 saturated heterocycles. The van der Waals surface area contributed by atoms with Gasteiger partial charge in [0.1, 0.15) is 11.8 Å². The van der Waals surface area contributed by atoms with Gasteiger partial charge in [0.05, 0.1) is 23.9 Å². The summed E-state index contributed by atoms with van der Waals surface area (Å²) in [5, 5.41) is 3.21. The normalized spacial score (nSPS) is 14.2. The molecule has 6 nitrogen and oxygen atoms in total. The van der Waals surface area contributed by atoms with Crippen molar-refractivity contribution in [2.24, 2.45) is 0 Å². The fraction of sp³-hybridized carbons (Fsp3) is 0.211. The predicted octanol–water partition coefficient (Wildman–Crippen LogP) is 3.28. The van der Waals surface area contributed by atoms with Gasteiger partial charge in [0, 0.05) is 11.1 Å². The Bertz CT molecular complexity index is 891. The number of methoxy groups -OCH3 is 1. The Morgan fingerprint density at radius 1 is 1.15 bits per heavy atom. The van der Waals surface area contributed by atoms with Gasteiger partial charge >= 0.3 is 0 Å². The van der Waals surface area contributed by atoms with E-state index >= 15 is 0 Å². The van der Waals surface area contributed by atoms with Crippen molar-refractivity contribution in [3.05, 3.63) is 58.1 Å². The maximum Gasteiger partial charge on any atom is 0.262 e. The second-order valence-electron chi connectivity index (χ2n) is 5.99. The van der Waals surface area contributed by atoms with Gasteiger partial charge in [-0.3, -0.25) is 19.3 Å². The third-order valence-corrected chi connectivity index (χ3v) is 4.74. The summed E-state index contributed by atoms with van der Waals surface area (Å²) in [5.74, 6) is -1.07. The van der Waals surface area contributed by atoms with Crippen molar-refractivity contribution in [1.29, 1.82) is 0 Å². The quantitative estimate of drug-likeness (QED) is 0.836. The van der Waals surface area contributed by atoms with E-state index in [-0.39, 0.29) is 0 Å². The lowest BCUT2D eigenvalue weighted by molar-refractivity contribution is -0.119. The van der Waals surface area contributed by atoms with Gasteiger partial charge in [-0.15, -0.1) is 0 Å². The van der Waals surface area contributed by atoms with Crippen molar-refractivity contribution in [3.63, 3.8) is 0 Å². The Morgan fingerprint density at radius 2 is 1.73 bits per heavy atom. The number of imide groups is 1. The Kier molecular flexibility index (Phi) is 4.70. The average molecular weight is 373 g/mol. The van der Waals surface area contributed by atoms with Gasteiger partial charge in [-0.05, 0) is 37.6 Å². The van der Waals surface area contributed by atoms with E-state index in [1.165, 1.54) is 14.0 Å². The van der Waals surface area contributed by atoms with Crippen LogP contribution in [-0.2, 0) is 4.79 Å². The SMILES string of the molecule is COc1cc(Cl)c(C)cc1NC(=O)[C@H](C)N1C(=O)c2ccccc2C1=O. The van der Waals surface area contributed by atoms with Crippen molar-refractivity contribution in [2.75, 3.05) is 12.4 Å². The number of rotatable bonds is 4. The highest BCUT2D eigenvalue weighted by molar-refractivity contribution is 6.31. The first-order valence-electron chi connectivity index (χ1n) is 7.97. The summed E-state index contributed by atoms with van der Waals surface area (Å²) >= 11 is 6.07. The first-order valence-corrected chi connectivity index (χ1v) is 8.35. The lowest BCUT2D eigenvalue weighted by Crippen LogP contribution is -2.45. The monoisotopic (exact) mass is 372 g/mol. The minimum Gasteiger partial charge on any atom is -0.495 e. The first kappa shape index (κ1) is 17.9. The van der Waals surface area contributed by atoms with Crippen LogP contribution in [0.3, 0.4) is 0 Å². The fourth-order valence-corrected chi connectivity index (χ4v) is 3.00. The van der Waals surface area contributed by atoms with Crippen LogP contribution in [0.2, 0.25) is 5.02 Å². The largest absolute Gasteiger partial charge is 0.495 e.